The molecule has 0 spiro atoms. The Kier molecular flexibility index (Phi) is 8.01. The van der Waals surface area contributed by atoms with Gasteiger partial charge >= 0.3 is 18.2 Å². The molecule has 4 aromatic rings. The highest BCUT2D eigenvalue weighted by Crippen LogP contribution is 2.39. The number of carboxylic acid groups (broad SMARTS) is 1. The summed E-state index contributed by atoms with van der Waals surface area (Å²) >= 11 is 0.752. The highest BCUT2D eigenvalue weighted by molar-refractivity contribution is 7.13. The monoisotopic (exact) mass is 601 g/mol. The molecule has 0 radical (unpaired) electrons. The predicted molar refractivity (Wildman–Crippen MR) is 151 cm³/mol. The fourth-order valence-corrected chi connectivity index (χ4v) is 6.00. The lowest BCUT2D eigenvalue weighted by molar-refractivity contribution is -0.140. The summed E-state index contributed by atoms with van der Waals surface area (Å²) in [6.45, 7) is 2.05. The van der Waals surface area contributed by atoms with Gasteiger partial charge in [0.05, 0.1) is 17.7 Å². The van der Waals surface area contributed by atoms with Crippen LogP contribution in [0.4, 0.5) is 23.8 Å². The van der Waals surface area contributed by atoms with Gasteiger partial charge in [0.25, 0.3) is 0 Å². The number of nitrogens with one attached hydrogen (secondary N) is 2. The van der Waals surface area contributed by atoms with Gasteiger partial charge in [0.1, 0.15) is 16.4 Å². The van der Waals surface area contributed by atoms with E-state index in [0.29, 0.717) is 36.0 Å². The van der Waals surface area contributed by atoms with Crippen LogP contribution < -0.4 is 16.1 Å². The zero-order valence-corrected chi connectivity index (χ0v) is 23.1. The topological polar surface area (TPSA) is 146 Å². The zero-order chi connectivity index (χ0) is 30.2. The number of fused-ring (bicyclic) bond motifs is 1. The number of amides is 2. The lowest BCUT2D eigenvalue weighted by Gasteiger charge is -2.31. The van der Waals surface area contributed by atoms with E-state index < -0.39 is 47.0 Å². The first-order valence-corrected chi connectivity index (χ1v) is 14.0. The van der Waals surface area contributed by atoms with Crippen molar-refractivity contribution in [3.05, 3.63) is 63.5 Å². The van der Waals surface area contributed by atoms with Crippen molar-refractivity contribution in [1.29, 1.82) is 0 Å². The van der Waals surface area contributed by atoms with Crippen LogP contribution in [0.15, 0.2) is 46.8 Å². The number of aromatic nitrogens is 3. The van der Waals surface area contributed by atoms with E-state index in [1.807, 2.05) is 0 Å². The molecule has 1 aliphatic carbocycles. The van der Waals surface area contributed by atoms with Gasteiger partial charge in [-0.05, 0) is 43.5 Å². The van der Waals surface area contributed by atoms with E-state index in [4.69, 9.17) is 0 Å². The first kappa shape index (κ1) is 29.2. The second-order valence-electron chi connectivity index (χ2n) is 9.87. The van der Waals surface area contributed by atoms with E-state index in [2.05, 4.69) is 20.6 Å². The van der Waals surface area contributed by atoms with E-state index in [9.17, 15) is 37.8 Å². The summed E-state index contributed by atoms with van der Waals surface area (Å²) in [6.07, 6.45) is 0.00674. The first-order chi connectivity index (χ1) is 20.0. The number of hydrogen-bond acceptors (Lipinski definition) is 7. The average molecular weight is 602 g/mol. The minimum Gasteiger partial charge on any atom is -0.477 e. The number of anilines is 1. The van der Waals surface area contributed by atoms with Gasteiger partial charge in [0, 0.05) is 40.8 Å². The average Bonchev–Trinajstić information content (AvgIpc) is 3.45. The van der Waals surface area contributed by atoms with Gasteiger partial charge in [-0.1, -0.05) is 18.9 Å². The third kappa shape index (κ3) is 5.72. The van der Waals surface area contributed by atoms with Crippen LogP contribution in [0.5, 0.6) is 0 Å². The van der Waals surface area contributed by atoms with Crippen LogP contribution in [0.25, 0.3) is 32.6 Å². The van der Waals surface area contributed by atoms with Crippen molar-refractivity contribution < 1.29 is 33.0 Å². The van der Waals surface area contributed by atoms with Crippen molar-refractivity contribution in [2.45, 2.75) is 50.9 Å². The van der Waals surface area contributed by atoms with Crippen molar-refractivity contribution >= 4 is 40.1 Å². The highest BCUT2D eigenvalue weighted by Gasteiger charge is 2.34. The number of pyridine rings is 2. The molecule has 2 atom stereocenters. The van der Waals surface area contributed by atoms with Gasteiger partial charge in [-0.25, -0.2) is 19.6 Å². The van der Waals surface area contributed by atoms with E-state index in [1.165, 1.54) is 24.5 Å². The number of carbonyl (C=O) groups excluding carboxylic acids is 1. The molecule has 42 heavy (non-hydrogen) atoms. The summed E-state index contributed by atoms with van der Waals surface area (Å²) in [5, 5.41) is 26.5. The number of halogens is 3. The summed E-state index contributed by atoms with van der Waals surface area (Å²) in [5.41, 5.74) is -0.974. The predicted octanol–water partition coefficient (Wildman–Crippen LogP) is 5.52. The van der Waals surface area contributed by atoms with Crippen molar-refractivity contribution in [3.8, 4) is 21.7 Å². The molecule has 220 valence electrons. The van der Waals surface area contributed by atoms with E-state index in [1.54, 1.807) is 23.6 Å². The van der Waals surface area contributed by atoms with Crippen molar-refractivity contribution in [2.75, 3.05) is 11.9 Å². The molecule has 0 saturated heterocycles. The number of alkyl halides is 3. The maximum absolute atomic E-state index is 13.4. The van der Waals surface area contributed by atoms with Crippen molar-refractivity contribution in [3.63, 3.8) is 0 Å². The van der Waals surface area contributed by atoms with Gasteiger partial charge in [-0.3, -0.25) is 10.1 Å². The molecular formula is C28H26F3N5O5S. The van der Waals surface area contributed by atoms with Crippen LogP contribution in [0.2, 0.25) is 0 Å². The Morgan fingerprint density at radius 3 is 2.60 bits per heavy atom. The van der Waals surface area contributed by atoms with Crippen LogP contribution in [0.3, 0.4) is 0 Å². The summed E-state index contributed by atoms with van der Waals surface area (Å²) in [4.78, 5) is 45.4. The van der Waals surface area contributed by atoms with E-state index >= 15 is 0 Å². The number of thiazole rings is 1. The molecule has 1 aromatic carbocycles. The maximum atomic E-state index is 13.4. The molecular weight excluding hydrogens is 575 g/mol. The number of aromatic carboxylic acids is 1. The number of aliphatic hydroxyl groups is 1. The number of urea groups is 1. The molecule has 14 heteroatoms. The zero-order valence-electron chi connectivity index (χ0n) is 22.2. The smallest absolute Gasteiger partial charge is 0.434 e. The van der Waals surface area contributed by atoms with Gasteiger partial charge in [0.15, 0.2) is 5.69 Å². The van der Waals surface area contributed by atoms with Gasteiger partial charge in [-0.2, -0.15) is 13.2 Å². The number of aliphatic hydroxyl groups excluding tert-OH is 1. The Bertz CT molecular complexity index is 1740. The van der Waals surface area contributed by atoms with Gasteiger partial charge in [0.2, 0.25) is 5.43 Å². The Hall–Kier alpha value is -4.30. The number of rotatable bonds is 6. The SMILES string of the molecule is CCNC(=O)Nc1cc(-c2nc(C(F)(F)F)cs2)c(-c2ccc3c(c2)c(=O)c(C(=O)O)cn3[C@@H]2CCCC[C@H]2O)cn1. The van der Waals surface area contributed by atoms with Crippen molar-refractivity contribution in [2.24, 2.45) is 0 Å². The quantitative estimate of drug-likeness (QED) is 0.228. The molecule has 1 fully saturated rings. The normalized spacial score (nSPS) is 17.3. The first-order valence-electron chi connectivity index (χ1n) is 13.2. The van der Waals surface area contributed by atoms with Crippen LogP contribution in [-0.2, 0) is 6.18 Å². The molecule has 5 rings (SSSR count). The van der Waals surface area contributed by atoms with Crippen LogP contribution >= 0.6 is 11.3 Å². The number of nitrogens with zero attached hydrogens (tertiary/aromatic N) is 3. The largest absolute Gasteiger partial charge is 0.477 e. The number of carboxylic acids is 1. The third-order valence-corrected chi connectivity index (χ3v) is 8.01. The van der Waals surface area contributed by atoms with E-state index in [-0.39, 0.29) is 21.8 Å². The van der Waals surface area contributed by atoms with Gasteiger partial charge < -0.3 is 20.1 Å². The molecule has 0 unspecified atom stereocenters. The molecule has 1 saturated carbocycles. The minimum atomic E-state index is -4.67. The van der Waals surface area contributed by atoms with Crippen LogP contribution in [0, 0.1) is 0 Å². The molecule has 0 aliphatic heterocycles. The Labute approximate surface area is 240 Å². The molecule has 0 bridgehead atoms. The summed E-state index contributed by atoms with van der Waals surface area (Å²) in [7, 11) is 0. The Morgan fingerprint density at radius 2 is 1.93 bits per heavy atom. The number of carbonyl (C=O) groups is 2. The minimum absolute atomic E-state index is 0.000738. The third-order valence-electron chi connectivity index (χ3n) is 7.13. The molecule has 10 nitrogen and oxygen atoms in total. The summed E-state index contributed by atoms with van der Waals surface area (Å²) in [5.74, 6) is -1.36. The summed E-state index contributed by atoms with van der Waals surface area (Å²) < 4.78 is 41.8. The molecule has 1 aliphatic rings. The lowest BCUT2D eigenvalue weighted by atomic mass is 9.91. The second-order valence-corrected chi connectivity index (χ2v) is 10.7. The standard InChI is InChI=1S/C28H26F3N5O5S/c1-2-32-27(41)35-23-10-15(25-34-22(13-42-25)28(29,30)31)17(11-33-23)14-7-8-19-16(9-14)24(38)18(26(39)40)12-36(19)20-5-3-4-6-21(20)37/h7-13,20-21,37H,2-6H2,1H3,(H,39,40)(H2,32,33,35,41)/t20-,21-/m1/s1. The fraction of sp³-hybridized carbons (Fsp3) is 0.321. The molecule has 3 heterocycles. The maximum Gasteiger partial charge on any atom is 0.434 e. The van der Waals surface area contributed by atoms with Crippen LogP contribution in [0.1, 0.15) is 54.7 Å². The molecule has 3 aromatic heterocycles. The Morgan fingerprint density at radius 1 is 1.17 bits per heavy atom. The Balaban J connectivity index is 1.69. The second kappa shape index (κ2) is 11.5. The molecule has 2 amide bonds. The van der Waals surface area contributed by atoms with Gasteiger partial charge in [-0.15, -0.1) is 11.3 Å². The van der Waals surface area contributed by atoms with Crippen molar-refractivity contribution in [1.82, 2.24) is 19.9 Å². The fourth-order valence-electron chi connectivity index (χ4n) is 5.15. The number of hydrogen-bond donors (Lipinski definition) is 4. The lowest BCUT2D eigenvalue weighted by Crippen LogP contribution is -2.30. The van der Waals surface area contributed by atoms with Crippen LogP contribution in [-0.4, -0.2) is 49.4 Å². The molecule has 4 N–H and O–H groups in total. The summed E-state index contributed by atoms with van der Waals surface area (Å²) in [6, 6.07) is 5.12. The highest BCUT2D eigenvalue weighted by atomic mass is 32.1. The number of benzene rings is 1. The van der Waals surface area contributed by atoms with E-state index in [0.717, 1.165) is 29.6 Å².